The van der Waals surface area contributed by atoms with Crippen molar-refractivity contribution >= 4 is 0 Å². The molecule has 1 unspecified atom stereocenters. The van der Waals surface area contributed by atoms with Crippen molar-refractivity contribution < 1.29 is 8.81 Å². The van der Waals surface area contributed by atoms with Gasteiger partial charge in [0.25, 0.3) is 5.89 Å². The van der Waals surface area contributed by atoms with E-state index in [1.54, 1.807) is 25.1 Å². The average Bonchev–Trinajstić information content (AvgIpc) is 2.88. The SMILES string of the molecule is CCCNC(C)c1nnc(-c2cccc(C)c2F)o1. The summed E-state index contributed by atoms with van der Waals surface area (Å²) in [6, 6.07) is 5.09. The second kappa shape index (κ2) is 5.93. The van der Waals surface area contributed by atoms with Gasteiger partial charge in [0.05, 0.1) is 11.6 Å². The number of halogens is 1. The van der Waals surface area contributed by atoms with Crippen LogP contribution >= 0.6 is 0 Å². The highest BCUT2D eigenvalue weighted by Crippen LogP contribution is 2.24. The van der Waals surface area contributed by atoms with Gasteiger partial charge in [-0.15, -0.1) is 10.2 Å². The van der Waals surface area contributed by atoms with Crippen LogP contribution in [-0.4, -0.2) is 16.7 Å². The zero-order valence-corrected chi connectivity index (χ0v) is 11.4. The summed E-state index contributed by atoms with van der Waals surface area (Å²) in [6.45, 7) is 6.61. The topological polar surface area (TPSA) is 51.0 Å². The molecule has 5 heteroatoms. The van der Waals surface area contributed by atoms with Gasteiger partial charge in [0.1, 0.15) is 5.82 Å². The summed E-state index contributed by atoms with van der Waals surface area (Å²) < 4.78 is 19.5. The van der Waals surface area contributed by atoms with Crippen LogP contribution in [0.5, 0.6) is 0 Å². The van der Waals surface area contributed by atoms with Crippen LogP contribution in [0.2, 0.25) is 0 Å². The van der Waals surface area contributed by atoms with Crippen molar-refractivity contribution in [3.63, 3.8) is 0 Å². The second-order valence-electron chi connectivity index (χ2n) is 4.56. The molecule has 0 aliphatic carbocycles. The van der Waals surface area contributed by atoms with Gasteiger partial charge in [-0.2, -0.15) is 0 Å². The summed E-state index contributed by atoms with van der Waals surface area (Å²) in [6.07, 6.45) is 1.03. The molecule has 1 heterocycles. The molecule has 0 spiro atoms. The summed E-state index contributed by atoms with van der Waals surface area (Å²) in [5.74, 6) is 0.387. The third-order valence-electron chi connectivity index (χ3n) is 2.93. The zero-order valence-electron chi connectivity index (χ0n) is 11.4. The van der Waals surface area contributed by atoms with E-state index in [0.29, 0.717) is 17.0 Å². The monoisotopic (exact) mass is 263 g/mol. The standard InChI is InChI=1S/C14H18FN3O/c1-4-8-16-10(3)13-17-18-14(19-13)11-7-5-6-9(2)12(11)15/h5-7,10,16H,4,8H2,1-3H3. The summed E-state index contributed by atoms with van der Waals surface area (Å²) in [5.41, 5.74) is 0.913. The van der Waals surface area contributed by atoms with Gasteiger partial charge in [-0.05, 0) is 38.4 Å². The molecule has 4 nitrogen and oxygen atoms in total. The molecule has 1 atom stereocenters. The lowest BCUT2D eigenvalue weighted by molar-refractivity contribution is 0.422. The molecule has 1 N–H and O–H groups in total. The van der Waals surface area contributed by atoms with Crippen molar-refractivity contribution in [2.45, 2.75) is 33.2 Å². The molecule has 2 rings (SSSR count). The molecule has 1 aromatic heterocycles. The van der Waals surface area contributed by atoms with Crippen molar-refractivity contribution in [3.8, 4) is 11.5 Å². The van der Waals surface area contributed by atoms with Crippen molar-refractivity contribution in [3.05, 3.63) is 35.5 Å². The van der Waals surface area contributed by atoms with Gasteiger partial charge < -0.3 is 9.73 Å². The lowest BCUT2D eigenvalue weighted by atomic mass is 10.1. The van der Waals surface area contributed by atoms with Crippen molar-refractivity contribution in [1.29, 1.82) is 0 Å². The number of hydrogen-bond donors (Lipinski definition) is 1. The van der Waals surface area contributed by atoms with Crippen LogP contribution in [0.1, 0.15) is 37.8 Å². The van der Waals surface area contributed by atoms with E-state index in [9.17, 15) is 4.39 Å². The largest absolute Gasteiger partial charge is 0.419 e. The molecule has 0 aliphatic rings. The molecule has 19 heavy (non-hydrogen) atoms. The van der Waals surface area contributed by atoms with Crippen LogP contribution in [0.15, 0.2) is 22.6 Å². The summed E-state index contributed by atoms with van der Waals surface area (Å²) in [7, 11) is 0. The number of hydrogen-bond acceptors (Lipinski definition) is 4. The van der Waals surface area contributed by atoms with E-state index in [0.717, 1.165) is 13.0 Å². The van der Waals surface area contributed by atoms with E-state index in [4.69, 9.17) is 4.42 Å². The van der Waals surface area contributed by atoms with Crippen LogP contribution in [-0.2, 0) is 0 Å². The van der Waals surface area contributed by atoms with Crippen LogP contribution in [0, 0.1) is 12.7 Å². The molecule has 0 fully saturated rings. The molecule has 0 bridgehead atoms. The van der Waals surface area contributed by atoms with Crippen molar-refractivity contribution in [2.24, 2.45) is 0 Å². The number of rotatable bonds is 5. The minimum Gasteiger partial charge on any atom is -0.419 e. The van der Waals surface area contributed by atoms with Gasteiger partial charge in [0.2, 0.25) is 5.89 Å². The first-order valence-electron chi connectivity index (χ1n) is 6.45. The Morgan fingerprint density at radius 2 is 2.16 bits per heavy atom. The lowest BCUT2D eigenvalue weighted by Crippen LogP contribution is -2.19. The second-order valence-corrected chi connectivity index (χ2v) is 4.56. The number of aryl methyl sites for hydroxylation is 1. The Hall–Kier alpha value is -1.75. The van der Waals surface area contributed by atoms with E-state index in [2.05, 4.69) is 22.4 Å². The van der Waals surface area contributed by atoms with Gasteiger partial charge in [-0.3, -0.25) is 0 Å². The van der Waals surface area contributed by atoms with Crippen LogP contribution < -0.4 is 5.32 Å². The number of aromatic nitrogens is 2. The molecule has 2 aromatic rings. The number of nitrogens with zero attached hydrogens (tertiary/aromatic N) is 2. The minimum absolute atomic E-state index is 0.0333. The lowest BCUT2D eigenvalue weighted by Gasteiger charge is -2.07. The number of benzene rings is 1. The molecule has 0 saturated heterocycles. The molecule has 0 radical (unpaired) electrons. The van der Waals surface area contributed by atoms with E-state index in [1.807, 2.05) is 6.92 Å². The molecule has 0 amide bonds. The van der Waals surface area contributed by atoms with Gasteiger partial charge in [0, 0.05) is 0 Å². The van der Waals surface area contributed by atoms with Crippen molar-refractivity contribution in [1.82, 2.24) is 15.5 Å². The highest BCUT2D eigenvalue weighted by atomic mass is 19.1. The first kappa shape index (κ1) is 13.7. The quantitative estimate of drug-likeness (QED) is 0.899. The fraction of sp³-hybridized carbons (Fsp3) is 0.429. The van der Waals surface area contributed by atoms with Gasteiger partial charge in [-0.25, -0.2) is 4.39 Å². The first-order valence-corrected chi connectivity index (χ1v) is 6.45. The Labute approximate surface area is 112 Å². The summed E-state index contributed by atoms with van der Waals surface area (Å²) in [5, 5.41) is 11.1. The number of nitrogens with one attached hydrogen (secondary N) is 1. The highest BCUT2D eigenvalue weighted by molar-refractivity contribution is 5.55. The fourth-order valence-electron chi connectivity index (χ4n) is 1.78. The van der Waals surface area contributed by atoms with Crippen LogP contribution in [0.4, 0.5) is 4.39 Å². The molecule has 102 valence electrons. The Kier molecular flexibility index (Phi) is 4.27. The van der Waals surface area contributed by atoms with E-state index >= 15 is 0 Å². The van der Waals surface area contributed by atoms with Gasteiger partial charge >= 0.3 is 0 Å². The van der Waals surface area contributed by atoms with Gasteiger partial charge in [0.15, 0.2) is 0 Å². The highest BCUT2D eigenvalue weighted by Gasteiger charge is 2.17. The molecular formula is C14H18FN3O. The first-order chi connectivity index (χ1) is 9.13. The van der Waals surface area contributed by atoms with E-state index in [1.165, 1.54) is 0 Å². The molecule has 0 aliphatic heterocycles. The normalized spacial score (nSPS) is 12.6. The smallest absolute Gasteiger partial charge is 0.250 e. The fourth-order valence-corrected chi connectivity index (χ4v) is 1.78. The molecule has 0 saturated carbocycles. The summed E-state index contributed by atoms with van der Waals surface area (Å²) in [4.78, 5) is 0. The maximum Gasteiger partial charge on any atom is 0.250 e. The van der Waals surface area contributed by atoms with Crippen molar-refractivity contribution in [2.75, 3.05) is 6.54 Å². The molecule has 1 aromatic carbocycles. The van der Waals surface area contributed by atoms with E-state index in [-0.39, 0.29) is 17.7 Å². The molecular weight excluding hydrogens is 245 g/mol. The summed E-state index contributed by atoms with van der Waals surface area (Å²) >= 11 is 0. The average molecular weight is 263 g/mol. The Balaban J connectivity index is 2.23. The van der Waals surface area contributed by atoms with Crippen LogP contribution in [0.3, 0.4) is 0 Å². The van der Waals surface area contributed by atoms with Gasteiger partial charge in [-0.1, -0.05) is 19.1 Å². The zero-order chi connectivity index (χ0) is 13.8. The third-order valence-corrected chi connectivity index (χ3v) is 2.93. The predicted molar refractivity (Wildman–Crippen MR) is 71.1 cm³/mol. The maximum absolute atomic E-state index is 14.0. The Morgan fingerprint density at radius 1 is 1.37 bits per heavy atom. The minimum atomic E-state index is -0.313. The Bertz CT molecular complexity index is 553. The maximum atomic E-state index is 14.0. The van der Waals surface area contributed by atoms with E-state index < -0.39 is 0 Å². The predicted octanol–water partition coefficient (Wildman–Crippen LogP) is 3.24. The third kappa shape index (κ3) is 2.98. The Morgan fingerprint density at radius 3 is 2.89 bits per heavy atom. The van der Waals surface area contributed by atoms with Crippen LogP contribution in [0.25, 0.3) is 11.5 Å².